The van der Waals surface area contributed by atoms with Gasteiger partial charge in [-0.05, 0) is 57.0 Å². The summed E-state index contributed by atoms with van der Waals surface area (Å²) in [7, 11) is 1.59. The fourth-order valence-electron chi connectivity index (χ4n) is 3.33. The number of benzene rings is 1. The minimum Gasteiger partial charge on any atom is -0.333 e. The van der Waals surface area contributed by atoms with Gasteiger partial charge >= 0.3 is 0 Å². The second-order valence-electron chi connectivity index (χ2n) is 8.02. The normalized spacial score (nSPS) is 11.0. The predicted molar refractivity (Wildman–Crippen MR) is 126 cm³/mol. The summed E-state index contributed by atoms with van der Waals surface area (Å²) < 4.78 is 1.94. The minimum atomic E-state index is -0.300. The predicted octanol–water partition coefficient (Wildman–Crippen LogP) is 3.67. The Bertz CT molecular complexity index is 1150. The zero-order valence-corrected chi connectivity index (χ0v) is 19.2. The van der Waals surface area contributed by atoms with Crippen molar-refractivity contribution in [3.63, 3.8) is 0 Å². The maximum Gasteiger partial charge on any atom is 0.246 e. The highest BCUT2D eigenvalue weighted by atomic mass is 16.2. The number of hydrogen-bond donors (Lipinski definition) is 1. The largest absolute Gasteiger partial charge is 0.333 e. The zero-order chi connectivity index (χ0) is 23.3. The summed E-state index contributed by atoms with van der Waals surface area (Å²) >= 11 is 0. The Morgan fingerprint density at radius 2 is 1.78 bits per heavy atom. The van der Waals surface area contributed by atoms with Crippen LogP contribution in [0.5, 0.6) is 0 Å². The van der Waals surface area contributed by atoms with Gasteiger partial charge in [0.15, 0.2) is 0 Å². The molecule has 0 atom stereocenters. The highest BCUT2D eigenvalue weighted by molar-refractivity contribution is 5.97. The zero-order valence-electron chi connectivity index (χ0n) is 19.2. The molecule has 2 heterocycles. The average molecular weight is 432 g/mol. The molecule has 2 aromatic heterocycles. The number of nitrogens with zero attached hydrogens (tertiary/aromatic N) is 4. The van der Waals surface area contributed by atoms with Gasteiger partial charge in [0.1, 0.15) is 5.82 Å². The number of carbonyl (C=O) groups is 2. The van der Waals surface area contributed by atoms with Crippen LogP contribution in [0.2, 0.25) is 0 Å². The van der Waals surface area contributed by atoms with E-state index in [9.17, 15) is 9.59 Å². The molecule has 2 amide bonds. The highest BCUT2D eigenvalue weighted by Gasteiger charge is 2.13. The standard InChI is InChI=1S/C25H29N5O2/c1-17-6-8-21(9-7-17)15-30-20(4)22(19(3)28-30)10-11-25(32)29(5)16-24(31)27-23-14-18(2)12-13-26-23/h6-14H,15-16H2,1-5H3,(H,26,27,31)/b11-10+. The molecular formula is C25H29N5O2. The van der Waals surface area contributed by atoms with Gasteiger partial charge in [-0.25, -0.2) is 4.98 Å². The van der Waals surface area contributed by atoms with Gasteiger partial charge in [-0.15, -0.1) is 0 Å². The van der Waals surface area contributed by atoms with Crippen molar-refractivity contribution in [2.75, 3.05) is 18.9 Å². The van der Waals surface area contributed by atoms with Crippen LogP contribution in [0.1, 0.15) is 33.6 Å². The number of pyridine rings is 1. The van der Waals surface area contributed by atoms with E-state index in [4.69, 9.17) is 0 Å². The van der Waals surface area contributed by atoms with E-state index in [1.54, 1.807) is 25.4 Å². The lowest BCUT2D eigenvalue weighted by atomic mass is 10.1. The maximum atomic E-state index is 12.5. The number of aromatic nitrogens is 3. The SMILES string of the molecule is Cc1ccc(Cn2nc(C)c(/C=C/C(=O)N(C)CC(=O)Nc3cc(C)ccn3)c2C)cc1. The molecule has 0 aliphatic carbocycles. The third kappa shape index (κ3) is 5.91. The quantitative estimate of drug-likeness (QED) is 0.579. The third-order valence-corrected chi connectivity index (χ3v) is 5.22. The molecule has 0 saturated heterocycles. The van der Waals surface area contributed by atoms with Crippen molar-refractivity contribution >= 4 is 23.7 Å². The molecule has 0 unspecified atom stereocenters. The van der Waals surface area contributed by atoms with Crippen molar-refractivity contribution in [1.29, 1.82) is 0 Å². The number of amides is 2. The topological polar surface area (TPSA) is 80.1 Å². The number of anilines is 1. The fraction of sp³-hybridized carbons (Fsp3) is 0.280. The molecule has 7 nitrogen and oxygen atoms in total. The van der Waals surface area contributed by atoms with Crippen LogP contribution in [0.4, 0.5) is 5.82 Å². The van der Waals surface area contributed by atoms with E-state index in [1.165, 1.54) is 22.1 Å². The molecule has 166 valence electrons. The third-order valence-electron chi connectivity index (χ3n) is 5.22. The molecule has 32 heavy (non-hydrogen) atoms. The summed E-state index contributed by atoms with van der Waals surface area (Å²) in [6, 6.07) is 12.0. The molecule has 0 radical (unpaired) electrons. The van der Waals surface area contributed by atoms with Crippen LogP contribution in [0.15, 0.2) is 48.7 Å². The Hall–Kier alpha value is -3.74. The average Bonchev–Trinajstić information content (AvgIpc) is 3.00. The van der Waals surface area contributed by atoms with Gasteiger partial charge in [0.2, 0.25) is 11.8 Å². The van der Waals surface area contributed by atoms with Crippen molar-refractivity contribution < 1.29 is 9.59 Å². The summed E-state index contributed by atoms with van der Waals surface area (Å²) in [5.74, 6) is -0.0910. The minimum absolute atomic E-state index is 0.0660. The molecule has 1 aromatic carbocycles. The second kappa shape index (κ2) is 10.0. The molecule has 0 spiro atoms. The van der Waals surface area contributed by atoms with Crippen LogP contribution in [0.3, 0.4) is 0 Å². The summed E-state index contributed by atoms with van der Waals surface area (Å²) in [6.45, 7) is 8.50. The van der Waals surface area contributed by atoms with Crippen molar-refractivity contribution in [1.82, 2.24) is 19.7 Å². The van der Waals surface area contributed by atoms with E-state index >= 15 is 0 Å². The first-order valence-corrected chi connectivity index (χ1v) is 10.5. The Morgan fingerprint density at radius 3 is 2.47 bits per heavy atom. The Kier molecular flexibility index (Phi) is 7.20. The first-order chi connectivity index (χ1) is 15.2. The summed E-state index contributed by atoms with van der Waals surface area (Å²) in [4.78, 5) is 30.2. The summed E-state index contributed by atoms with van der Waals surface area (Å²) in [6.07, 6.45) is 4.87. The van der Waals surface area contributed by atoms with Crippen LogP contribution in [0.25, 0.3) is 6.08 Å². The van der Waals surface area contributed by atoms with E-state index in [1.807, 2.05) is 31.5 Å². The second-order valence-corrected chi connectivity index (χ2v) is 8.02. The molecule has 1 N–H and O–H groups in total. The lowest BCUT2D eigenvalue weighted by Crippen LogP contribution is -2.34. The van der Waals surface area contributed by atoms with Gasteiger partial charge in [-0.2, -0.15) is 5.10 Å². The van der Waals surface area contributed by atoms with Crippen LogP contribution >= 0.6 is 0 Å². The van der Waals surface area contributed by atoms with Gasteiger partial charge in [0, 0.05) is 30.6 Å². The number of likely N-dealkylation sites (N-methyl/N-ethyl adjacent to an activating group) is 1. The van der Waals surface area contributed by atoms with E-state index in [2.05, 4.69) is 46.6 Å². The lowest BCUT2D eigenvalue weighted by molar-refractivity contribution is -0.129. The number of nitrogens with one attached hydrogen (secondary N) is 1. The molecular weight excluding hydrogens is 402 g/mol. The van der Waals surface area contributed by atoms with Crippen molar-refractivity contribution in [2.45, 2.75) is 34.2 Å². The van der Waals surface area contributed by atoms with E-state index < -0.39 is 0 Å². The summed E-state index contributed by atoms with van der Waals surface area (Å²) in [5, 5.41) is 7.33. The van der Waals surface area contributed by atoms with Crippen LogP contribution in [-0.2, 0) is 16.1 Å². The van der Waals surface area contributed by atoms with Gasteiger partial charge in [0.25, 0.3) is 0 Å². The van der Waals surface area contributed by atoms with Crippen molar-refractivity contribution in [3.05, 3.63) is 82.3 Å². The van der Waals surface area contributed by atoms with Crippen molar-refractivity contribution in [2.24, 2.45) is 0 Å². The molecule has 0 aliphatic heterocycles. The first-order valence-electron chi connectivity index (χ1n) is 10.5. The monoisotopic (exact) mass is 431 g/mol. The number of aryl methyl sites for hydroxylation is 3. The molecule has 3 aromatic rings. The Labute approximate surface area is 188 Å². The molecule has 3 rings (SSSR count). The smallest absolute Gasteiger partial charge is 0.246 e. The Morgan fingerprint density at radius 1 is 1.06 bits per heavy atom. The molecule has 0 aliphatic rings. The summed E-state index contributed by atoms with van der Waals surface area (Å²) in [5.41, 5.74) is 6.13. The Balaban J connectivity index is 1.62. The fourth-order valence-corrected chi connectivity index (χ4v) is 3.33. The maximum absolute atomic E-state index is 12.5. The lowest BCUT2D eigenvalue weighted by Gasteiger charge is -2.14. The molecule has 7 heteroatoms. The van der Waals surface area contributed by atoms with E-state index in [0.29, 0.717) is 12.4 Å². The molecule has 0 saturated carbocycles. The van der Waals surface area contributed by atoms with Crippen molar-refractivity contribution in [3.8, 4) is 0 Å². The number of rotatable bonds is 7. The van der Waals surface area contributed by atoms with Crippen LogP contribution in [-0.4, -0.2) is 45.1 Å². The van der Waals surface area contributed by atoms with Gasteiger partial charge in [-0.3, -0.25) is 14.3 Å². The first kappa shape index (κ1) is 22.9. The van der Waals surface area contributed by atoms with Gasteiger partial charge in [-0.1, -0.05) is 29.8 Å². The molecule has 0 bridgehead atoms. The number of carbonyl (C=O) groups excluding carboxylic acids is 2. The van der Waals surface area contributed by atoms with Crippen LogP contribution < -0.4 is 5.32 Å². The van der Waals surface area contributed by atoms with E-state index in [0.717, 1.165) is 22.5 Å². The van der Waals surface area contributed by atoms with Gasteiger partial charge < -0.3 is 10.2 Å². The van der Waals surface area contributed by atoms with Crippen LogP contribution in [0, 0.1) is 27.7 Å². The number of hydrogen-bond acceptors (Lipinski definition) is 4. The van der Waals surface area contributed by atoms with Gasteiger partial charge in [0.05, 0.1) is 18.8 Å². The molecule has 0 fully saturated rings. The highest BCUT2D eigenvalue weighted by Crippen LogP contribution is 2.17. The van der Waals surface area contributed by atoms with E-state index in [-0.39, 0.29) is 18.4 Å².